The van der Waals surface area contributed by atoms with Crippen molar-refractivity contribution in [2.45, 2.75) is 38.5 Å². The maximum Gasteiger partial charge on any atom is 0.144 e. The molecule has 0 saturated heterocycles. The van der Waals surface area contributed by atoms with Crippen molar-refractivity contribution in [2.24, 2.45) is 0 Å². The molecule has 1 aliphatic rings. The van der Waals surface area contributed by atoms with Crippen molar-refractivity contribution in [2.75, 3.05) is 0 Å². The number of imidazole rings is 1. The maximum absolute atomic E-state index is 4.79. The number of hydrogen-bond donors (Lipinski definition) is 0. The Hall–Kier alpha value is -2.35. The van der Waals surface area contributed by atoms with E-state index in [1.807, 2.05) is 6.07 Å². The Morgan fingerprint density at radius 2 is 1.43 bits per heavy atom. The van der Waals surface area contributed by atoms with E-state index in [2.05, 4.69) is 87.0 Å². The maximum atomic E-state index is 4.79. The molecule has 0 spiro atoms. The third-order valence-corrected chi connectivity index (χ3v) is 5.81. The Labute approximate surface area is 137 Å². The highest BCUT2D eigenvalue weighted by Gasteiger charge is 2.47. The van der Waals surface area contributed by atoms with Gasteiger partial charge in [-0.3, -0.25) is 4.57 Å². The zero-order valence-corrected chi connectivity index (χ0v) is 14.2. The summed E-state index contributed by atoms with van der Waals surface area (Å²) in [4.78, 5) is 4.79. The van der Waals surface area contributed by atoms with Gasteiger partial charge in [-0.05, 0) is 11.6 Å². The van der Waals surface area contributed by atoms with E-state index in [1.54, 1.807) is 0 Å². The van der Waals surface area contributed by atoms with Crippen LogP contribution in [0.1, 0.15) is 39.0 Å². The molecule has 0 aliphatic carbocycles. The SMILES string of the molecule is CC1(C)c2ccccc2-n2c(cnc2-c2ccccc2)C1(C)C. The quantitative estimate of drug-likeness (QED) is 0.611. The van der Waals surface area contributed by atoms with Gasteiger partial charge in [-0.2, -0.15) is 0 Å². The summed E-state index contributed by atoms with van der Waals surface area (Å²) in [7, 11) is 0. The van der Waals surface area contributed by atoms with E-state index in [0.29, 0.717) is 0 Å². The zero-order valence-electron chi connectivity index (χ0n) is 14.2. The molecule has 0 atom stereocenters. The fourth-order valence-corrected chi connectivity index (χ4v) is 3.68. The van der Waals surface area contributed by atoms with E-state index >= 15 is 0 Å². The van der Waals surface area contributed by atoms with Crippen molar-refractivity contribution >= 4 is 0 Å². The highest BCUT2D eigenvalue weighted by Crippen LogP contribution is 2.50. The van der Waals surface area contributed by atoms with Gasteiger partial charge in [-0.25, -0.2) is 4.98 Å². The summed E-state index contributed by atoms with van der Waals surface area (Å²) >= 11 is 0. The summed E-state index contributed by atoms with van der Waals surface area (Å²) in [6, 6.07) is 19.2. The van der Waals surface area contributed by atoms with E-state index in [-0.39, 0.29) is 10.8 Å². The van der Waals surface area contributed by atoms with Crippen LogP contribution < -0.4 is 0 Å². The molecular weight excluding hydrogens is 280 g/mol. The number of benzene rings is 2. The monoisotopic (exact) mass is 302 g/mol. The Morgan fingerprint density at radius 3 is 2.17 bits per heavy atom. The molecule has 0 fully saturated rings. The van der Waals surface area contributed by atoms with Crippen molar-refractivity contribution in [3.63, 3.8) is 0 Å². The van der Waals surface area contributed by atoms with Gasteiger partial charge in [0.25, 0.3) is 0 Å². The Bertz CT molecular complexity index is 870. The summed E-state index contributed by atoms with van der Waals surface area (Å²) in [6.07, 6.45) is 2.06. The molecule has 2 nitrogen and oxygen atoms in total. The van der Waals surface area contributed by atoms with Crippen LogP contribution in [0.25, 0.3) is 17.1 Å². The first-order valence-electron chi connectivity index (χ1n) is 8.18. The minimum atomic E-state index is 0.00137. The smallest absolute Gasteiger partial charge is 0.144 e. The second kappa shape index (κ2) is 4.58. The fraction of sp³-hybridized carbons (Fsp3) is 0.286. The van der Waals surface area contributed by atoms with Crippen molar-refractivity contribution in [1.82, 2.24) is 9.55 Å². The summed E-state index contributed by atoms with van der Waals surface area (Å²) in [5, 5.41) is 0. The second-order valence-electron chi connectivity index (χ2n) is 7.44. The molecule has 0 saturated carbocycles. The Balaban J connectivity index is 2.08. The van der Waals surface area contributed by atoms with Crippen molar-refractivity contribution in [1.29, 1.82) is 0 Å². The lowest BCUT2D eigenvalue weighted by atomic mass is 9.60. The molecule has 0 unspecified atom stereocenters. The molecule has 1 aliphatic heterocycles. The second-order valence-corrected chi connectivity index (χ2v) is 7.44. The number of nitrogens with zero attached hydrogens (tertiary/aromatic N) is 2. The standard InChI is InChI=1S/C21H22N2/c1-20(2)16-12-8-9-13-17(16)23-18(21(20,3)4)14-22-19(23)15-10-6-5-7-11-15/h5-14H,1-4H3. The molecule has 3 aromatic rings. The van der Waals surface area contributed by atoms with Gasteiger partial charge in [0.2, 0.25) is 0 Å². The molecule has 4 rings (SSSR count). The molecule has 0 amide bonds. The topological polar surface area (TPSA) is 17.8 Å². The van der Waals surface area contributed by atoms with Gasteiger partial charge in [0.1, 0.15) is 5.82 Å². The van der Waals surface area contributed by atoms with Crippen LogP contribution in [0.5, 0.6) is 0 Å². The first-order valence-corrected chi connectivity index (χ1v) is 8.18. The first kappa shape index (κ1) is 14.3. The largest absolute Gasteiger partial charge is 0.296 e. The average Bonchev–Trinajstić information content (AvgIpc) is 3.00. The normalized spacial score (nSPS) is 17.4. The lowest BCUT2D eigenvalue weighted by molar-refractivity contribution is 0.280. The van der Waals surface area contributed by atoms with Crippen LogP contribution in [-0.4, -0.2) is 9.55 Å². The number of fused-ring (bicyclic) bond motifs is 3. The van der Waals surface area contributed by atoms with Crippen LogP contribution in [0, 0.1) is 0 Å². The molecule has 1 aromatic heterocycles. The minimum absolute atomic E-state index is 0.00137. The van der Waals surface area contributed by atoms with Gasteiger partial charge in [0, 0.05) is 28.3 Å². The fourth-order valence-electron chi connectivity index (χ4n) is 3.68. The lowest BCUT2D eigenvalue weighted by Gasteiger charge is -2.47. The highest BCUT2D eigenvalue weighted by atomic mass is 15.1. The van der Waals surface area contributed by atoms with Crippen LogP contribution >= 0.6 is 0 Å². The van der Waals surface area contributed by atoms with Gasteiger partial charge < -0.3 is 0 Å². The molecule has 23 heavy (non-hydrogen) atoms. The van der Waals surface area contributed by atoms with Crippen molar-refractivity contribution in [3.8, 4) is 17.1 Å². The van der Waals surface area contributed by atoms with E-state index in [1.165, 1.54) is 16.9 Å². The van der Waals surface area contributed by atoms with Gasteiger partial charge in [0.05, 0.1) is 5.69 Å². The van der Waals surface area contributed by atoms with Crippen LogP contribution in [-0.2, 0) is 10.8 Å². The van der Waals surface area contributed by atoms with E-state index in [4.69, 9.17) is 4.98 Å². The summed E-state index contributed by atoms with van der Waals surface area (Å²) in [5.41, 5.74) is 5.12. The van der Waals surface area contributed by atoms with Gasteiger partial charge in [-0.15, -0.1) is 0 Å². The van der Waals surface area contributed by atoms with Crippen LogP contribution in [0.3, 0.4) is 0 Å². The number of hydrogen-bond acceptors (Lipinski definition) is 1. The lowest BCUT2D eigenvalue weighted by Crippen LogP contribution is -2.45. The molecule has 2 aromatic carbocycles. The van der Waals surface area contributed by atoms with E-state index < -0.39 is 0 Å². The number of aromatic nitrogens is 2. The third-order valence-electron chi connectivity index (χ3n) is 5.81. The molecular formula is C21H22N2. The molecule has 0 bridgehead atoms. The number of rotatable bonds is 1. The van der Waals surface area contributed by atoms with E-state index in [9.17, 15) is 0 Å². The predicted octanol–water partition coefficient (Wildman–Crippen LogP) is 5.11. The third kappa shape index (κ3) is 1.78. The molecule has 116 valence electrons. The first-order chi connectivity index (χ1) is 10.9. The summed E-state index contributed by atoms with van der Waals surface area (Å²) < 4.78 is 2.34. The van der Waals surface area contributed by atoms with Crippen LogP contribution in [0.4, 0.5) is 0 Å². The van der Waals surface area contributed by atoms with Crippen LogP contribution in [0.15, 0.2) is 60.8 Å². The van der Waals surface area contributed by atoms with Gasteiger partial charge in [0.15, 0.2) is 0 Å². The Morgan fingerprint density at radius 1 is 0.783 bits per heavy atom. The molecule has 0 N–H and O–H groups in total. The molecule has 2 heteroatoms. The highest BCUT2D eigenvalue weighted by molar-refractivity contribution is 5.64. The summed E-state index contributed by atoms with van der Waals surface area (Å²) in [5.74, 6) is 1.02. The molecule has 2 heterocycles. The Kier molecular flexibility index (Phi) is 2.84. The van der Waals surface area contributed by atoms with Gasteiger partial charge in [-0.1, -0.05) is 76.2 Å². The summed E-state index contributed by atoms with van der Waals surface area (Å²) in [6.45, 7) is 9.32. The van der Waals surface area contributed by atoms with Crippen molar-refractivity contribution < 1.29 is 0 Å². The molecule has 0 radical (unpaired) electrons. The zero-order chi connectivity index (χ0) is 16.2. The average molecular weight is 302 g/mol. The van der Waals surface area contributed by atoms with Gasteiger partial charge >= 0.3 is 0 Å². The van der Waals surface area contributed by atoms with Crippen LogP contribution in [0.2, 0.25) is 0 Å². The predicted molar refractivity (Wildman–Crippen MR) is 95.1 cm³/mol. The van der Waals surface area contributed by atoms with E-state index in [0.717, 1.165) is 11.4 Å². The van der Waals surface area contributed by atoms with Crippen molar-refractivity contribution in [3.05, 3.63) is 72.1 Å². The number of para-hydroxylation sites is 1. The minimum Gasteiger partial charge on any atom is -0.296 e.